The van der Waals surface area contributed by atoms with Crippen LogP contribution in [0.3, 0.4) is 0 Å². The third-order valence-corrected chi connectivity index (χ3v) is 2.74. The third-order valence-electron chi connectivity index (χ3n) is 2.74. The molecule has 0 aliphatic carbocycles. The minimum absolute atomic E-state index is 0.0590. The minimum atomic E-state index is -0.498. The Kier molecular flexibility index (Phi) is 4.60. The predicted molar refractivity (Wildman–Crippen MR) is 65.5 cm³/mol. The second-order valence-corrected chi connectivity index (χ2v) is 5.24. The lowest BCUT2D eigenvalue weighted by Crippen LogP contribution is -2.36. The first kappa shape index (κ1) is 14.1. The zero-order chi connectivity index (χ0) is 13.1. The molecule has 0 saturated carbocycles. The molecule has 0 spiro atoms. The van der Waals surface area contributed by atoms with Crippen molar-refractivity contribution in [3.8, 4) is 0 Å². The van der Waals surface area contributed by atoms with E-state index in [2.05, 4.69) is 0 Å². The van der Waals surface area contributed by atoms with Crippen molar-refractivity contribution < 1.29 is 8.78 Å². The Bertz CT molecular complexity index is 357. The zero-order valence-electron chi connectivity index (χ0n) is 10.6. The lowest BCUT2D eigenvalue weighted by molar-refractivity contribution is 0.206. The molecule has 1 aromatic rings. The summed E-state index contributed by atoms with van der Waals surface area (Å²) < 4.78 is 26.9. The Morgan fingerprint density at radius 3 is 2.24 bits per heavy atom. The van der Waals surface area contributed by atoms with Crippen LogP contribution in [0.1, 0.15) is 19.4 Å². The van der Waals surface area contributed by atoms with E-state index in [-0.39, 0.29) is 17.5 Å². The molecule has 2 N–H and O–H groups in total. The summed E-state index contributed by atoms with van der Waals surface area (Å²) in [5, 5.41) is 0. The summed E-state index contributed by atoms with van der Waals surface area (Å²) in [7, 11) is 1.84. The van der Waals surface area contributed by atoms with Crippen LogP contribution in [0.4, 0.5) is 8.78 Å². The van der Waals surface area contributed by atoms with Crippen LogP contribution in [0.5, 0.6) is 0 Å². The quantitative estimate of drug-likeness (QED) is 0.859. The van der Waals surface area contributed by atoms with Crippen LogP contribution in [-0.2, 0) is 6.54 Å². The highest BCUT2D eigenvalue weighted by atomic mass is 19.1. The van der Waals surface area contributed by atoms with Crippen LogP contribution in [0.15, 0.2) is 18.2 Å². The van der Waals surface area contributed by atoms with E-state index in [1.54, 1.807) is 0 Å². The molecule has 0 aliphatic rings. The number of benzene rings is 1. The molecule has 1 rings (SSSR count). The van der Waals surface area contributed by atoms with Crippen LogP contribution in [0.2, 0.25) is 0 Å². The summed E-state index contributed by atoms with van der Waals surface area (Å²) >= 11 is 0. The molecule has 0 unspecified atom stereocenters. The standard InChI is InChI=1S/C13H20F2N2/c1-13(2,8-16)9-17(3)7-10-11(14)5-4-6-12(10)15/h4-6H,7-9,16H2,1-3H3. The fraction of sp³-hybridized carbons (Fsp3) is 0.538. The number of rotatable bonds is 5. The molecule has 4 heteroatoms. The smallest absolute Gasteiger partial charge is 0.130 e. The molecule has 0 amide bonds. The van der Waals surface area contributed by atoms with Gasteiger partial charge >= 0.3 is 0 Å². The van der Waals surface area contributed by atoms with E-state index in [0.29, 0.717) is 13.1 Å². The van der Waals surface area contributed by atoms with Gasteiger partial charge in [-0.1, -0.05) is 19.9 Å². The van der Waals surface area contributed by atoms with Gasteiger partial charge in [-0.2, -0.15) is 0 Å². The third kappa shape index (κ3) is 4.06. The summed E-state index contributed by atoms with van der Waals surface area (Å²) in [5.41, 5.74) is 5.69. The highest BCUT2D eigenvalue weighted by molar-refractivity contribution is 5.19. The molecular formula is C13H20F2N2. The number of hydrogen-bond acceptors (Lipinski definition) is 2. The summed E-state index contributed by atoms with van der Waals surface area (Å²) in [5.74, 6) is -0.996. The van der Waals surface area contributed by atoms with Crippen molar-refractivity contribution in [2.24, 2.45) is 11.1 Å². The van der Waals surface area contributed by atoms with Crippen molar-refractivity contribution in [2.75, 3.05) is 20.1 Å². The molecule has 0 aromatic heterocycles. The molecule has 2 nitrogen and oxygen atoms in total. The summed E-state index contributed by atoms with van der Waals surface area (Å²) in [6.45, 7) is 5.54. The Morgan fingerprint density at radius 2 is 1.76 bits per heavy atom. The van der Waals surface area contributed by atoms with Gasteiger partial charge in [0.2, 0.25) is 0 Å². The monoisotopic (exact) mass is 242 g/mol. The van der Waals surface area contributed by atoms with Crippen molar-refractivity contribution in [2.45, 2.75) is 20.4 Å². The number of hydrogen-bond donors (Lipinski definition) is 1. The maximum Gasteiger partial charge on any atom is 0.130 e. The average Bonchev–Trinajstić information content (AvgIpc) is 2.23. The van der Waals surface area contributed by atoms with Crippen molar-refractivity contribution in [3.05, 3.63) is 35.4 Å². The summed E-state index contributed by atoms with van der Waals surface area (Å²) in [6.07, 6.45) is 0. The van der Waals surface area contributed by atoms with Crippen LogP contribution in [0.25, 0.3) is 0 Å². The van der Waals surface area contributed by atoms with Gasteiger partial charge in [-0.3, -0.25) is 0 Å². The van der Waals surface area contributed by atoms with Crippen molar-refractivity contribution in [1.82, 2.24) is 4.90 Å². The van der Waals surface area contributed by atoms with Gasteiger partial charge < -0.3 is 10.6 Å². The maximum absolute atomic E-state index is 13.4. The second-order valence-electron chi connectivity index (χ2n) is 5.24. The van der Waals surface area contributed by atoms with Crippen LogP contribution < -0.4 is 5.73 Å². The van der Waals surface area contributed by atoms with E-state index in [0.717, 1.165) is 0 Å². The van der Waals surface area contributed by atoms with Crippen molar-refractivity contribution in [3.63, 3.8) is 0 Å². The first-order valence-corrected chi connectivity index (χ1v) is 5.67. The Hall–Kier alpha value is -1.00. The normalized spacial score (nSPS) is 12.2. The van der Waals surface area contributed by atoms with Crippen LogP contribution in [0, 0.1) is 17.0 Å². The van der Waals surface area contributed by atoms with Gasteiger partial charge in [0.25, 0.3) is 0 Å². The molecule has 0 radical (unpaired) electrons. The topological polar surface area (TPSA) is 29.3 Å². The second kappa shape index (κ2) is 5.56. The maximum atomic E-state index is 13.4. The van der Waals surface area contributed by atoms with E-state index in [9.17, 15) is 8.78 Å². The fourth-order valence-corrected chi connectivity index (χ4v) is 1.80. The summed E-state index contributed by atoms with van der Waals surface area (Å²) in [4.78, 5) is 1.88. The highest BCUT2D eigenvalue weighted by Crippen LogP contribution is 2.18. The molecule has 0 atom stereocenters. The highest BCUT2D eigenvalue weighted by Gasteiger charge is 2.19. The van der Waals surface area contributed by atoms with Gasteiger partial charge in [0.15, 0.2) is 0 Å². The Balaban J connectivity index is 2.72. The molecule has 0 aliphatic heterocycles. The number of nitrogens with zero attached hydrogens (tertiary/aromatic N) is 1. The molecule has 0 fully saturated rings. The molecular weight excluding hydrogens is 222 g/mol. The van der Waals surface area contributed by atoms with Gasteiger partial charge in [0, 0.05) is 18.7 Å². The largest absolute Gasteiger partial charge is 0.330 e. The van der Waals surface area contributed by atoms with Gasteiger partial charge in [-0.15, -0.1) is 0 Å². The van der Waals surface area contributed by atoms with E-state index >= 15 is 0 Å². The fourth-order valence-electron chi connectivity index (χ4n) is 1.80. The lowest BCUT2D eigenvalue weighted by atomic mass is 9.93. The Labute approximate surface area is 101 Å². The molecule has 96 valence electrons. The van der Waals surface area contributed by atoms with Gasteiger partial charge in [0.1, 0.15) is 11.6 Å². The molecule has 0 saturated heterocycles. The van der Waals surface area contributed by atoms with Crippen LogP contribution in [-0.4, -0.2) is 25.0 Å². The summed E-state index contributed by atoms with van der Waals surface area (Å²) in [6, 6.07) is 3.93. The number of halogens is 2. The average molecular weight is 242 g/mol. The van der Waals surface area contributed by atoms with E-state index in [4.69, 9.17) is 5.73 Å². The van der Waals surface area contributed by atoms with E-state index in [1.807, 2.05) is 25.8 Å². The first-order chi connectivity index (χ1) is 7.85. The van der Waals surface area contributed by atoms with E-state index < -0.39 is 11.6 Å². The zero-order valence-corrected chi connectivity index (χ0v) is 10.6. The van der Waals surface area contributed by atoms with Crippen molar-refractivity contribution >= 4 is 0 Å². The SMILES string of the molecule is CN(Cc1c(F)cccc1F)CC(C)(C)CN. The van der Waals surface area contributed by atoms with Crippen LogP contribution >= 0.6 is 0 Å². The minimum Gasteiger partial charge on any atom is -0.330 e. The Morgan fingerprint density at radius 1 is 1.24 bits per heavy atom. The molecule has 0 heterocycles. The van der Waals surface area contributed by atoms with Gasteiger partial charge in [0.05, 0.1) is 0 Å². The van der Waals surface area contributed by atoms with E-state index in [1.165, 1.54) is 18.2 Å². The van der Waals surface area contributed by atoms with Gasteiger partial charge in [-0.25, -0.2) is 8.78 Å². The lowest BCUT2D eigenvalue weighted by Gasteiger charge is -2.29. The molecule has 17 heavy (non-hydrogen) atoms. The number of nitrogens with two attached hydrogens (primary N) is 1. The molecule has 0 bridgehead atoms. The molecule has 1 aromatic carbocycles. The predicted octanol–water partition coefficient (Wildman–Crippen LogP) is 2.38. The van der Waals surface area contributed by atoms with Gasteiger partial charge in [-0.05, 0) is 31.1 Å². The first-order valence-electron chi connectivity index (χ1n) is 5.67. The van der Waals surface area contributed by atoms with Crippen molar-refractivity contribution in [1.29, 1.82) is 0 Å².